The number of amides is 1. The van der Waals surface area contributed by atoms with Crippen molar-refractivity contribution in [3.63, 3.8) is 0 Å². The van der Waals surface area contributed by atoms with Crippen LogP contribution >= 0.6 is 0 Å². The highest BCUT2D eigenvalue weighted by Gasteiger charge is 2.41. The summed E-state index contributed by atoms with van der Waals surface area (Å²) in [4.78, 5) is 24.0. The Morgan fingerprint density at radius 3 is 2.61 bits per heavy atom. The fraction of sp³-hybridized carbons (Fsp3) is 0.500. The van der Waals surface area contributed by atoms with Crippen molar-refractivity contribution < 1.29 is 4.79 Å². The zero-order valence-corrected chi connectivity index (χ0v) is 10.7. The number of anilines is 1. The summed E-state index contributed by atoms with van der Waals surface area (Å²) >= 11 is 0. The van der Waals surface area contributed by atoms with Gasteiger partial charge < -0.3 is 9.80 Å². The van der Waals surface area contributed by atoms with Crippen molar-refractivity contribution in [2.75, 3.05) is 25.0 Å². The molecule has 0 unspecified atom stereocenters. The molecule has 6 heteroatoms. The highest BCUT2D eigenvalue weighted by Crippen LogP contribution is 2.26. The largest absolute Gasteiger partial charge is 0.342 e. The first-order valence-electron chi connectivity index (χ1n) is 5.72. The Morgan fingerprint density at radius 1 is 1.33 bits per heavy atom. The molecular formula is C12H15N5O. The lowest BCUT2D eigenvalue weighted by molar-refractivity contribution is -0.136. The molecule has 0 radical (unpaired) electrons. The van der Waals surface area contributed by atoms with Crippen LogP contribution in [-0.2, 0) is 4.79 Å². The lowest BCUT2D eigenvalue weighted by Gasteiger charge is -2.45. The maximum Gasteiger partial charge on any atom is 0.247 e. The number of aromatic nitrogens is 2. The number of likely N-dealkylation sites (N-methyl/N-ethyl adjacent to an activating group) is 1. The molecule has 0 aromatic carbocycles. The maximum absolute atomic E-state index is 12.1. The van der Waals surface area contributed by atoms with Gasteiger partial charge in [-0.25, -0.2) is 9.97 Å². The number of hydrogen-bond acceptors (Lipinski definition) is 5. The first kappa shape index (κ1) is 12.3. The summed E-state index contributed by atoms with van der Waals surface area (Å²) < 4.78 is 0. The molecule has 1 aliphatic heterocycles. The van der Waals surface area contributed by atoms with E-state index in [0.29, 0.717) is 18.9 Å². The Hall–Kier alpha value is -2.16. The summed E-state index contributed by atoms with van der Waals surface area (Å²) in [5.74, 6) is 0.681. The lowest BCUT2D eigenvalue weighted by Crippen LogP contribution is -2.62. The second kappa shape index (κ2) is 4.26. The van der Waals surface area contributed by atoms with Gasteiger partial charge in [0, 0.05) is 20.1 Å². The maximum atomic E-state index is 12.1. The fourth-order valence-corrected chi connectivity index (χ4v) is 2.13. The Bertz CT molecular complexity index is 502. The molecule has 0 atom stereocenters. The van der Waals surface area contributed by atoms with Crippen LogP contribution in [0.15, 0.2) is 12.4 Å². The topological polar surface area (TPSA) is 73.1 Å². The molecule has 2 heterocycles. The SMILES string of the molecule is CN1CCN(c2cnc(C#N)cn2)C(C)(C)C1=O. The third-order valence-corrected chi connectivity index (χ3v) is 3.23. The predicted molar refractivity (Wildman–Crippen MR) is 65.8 cm³/mol. The Balaban J connectivity index is 2.32. The molecule has 1 fully saturated rings. The molecule has 0 spiro atoms. The van der Waals surface area contributed by atoms with Gasteiger partial charge in [-0.05, 0) is 13.8 Å². The summed E-state index contributed by atoms with van der Waals surface area (Å²) in [5, 5.41) is 8.69. The van der Waals surface area contributed by atoms with Crippen LogP contribution in [0.25, 0.3) is 0 Å². The number of carbonyl (C=O) groups is 1. The van der Waals surface area contributed by atoms with E-state index >= 15 is 0 Å². The van der Waals surface area contributed by atoms with Gasteiger partial charge >= 0.3 is 0 Å². The van der Waals surface area contributed by atoms with Crippen molar-refractivity contribution in [2.24, 2.45) is 0 Å². The third kappa shape index (κ3) is 1.88. The smallest absolute Gasteiger partial charge is 0.247 e. The molecule has 0 aliphatic carbocycles. The zero-order chi connectivity index (χ0) is 13.3. The molecule has 1 aromatic heterocycles. The molecular weight excluding hydrogens is 230 g/mol. The minimum atomic E-state index is -0.643. The van der Waals surface area contributed by atoms with Crippen LogP contribution < -0.4 is 4.90 Å². The van der Waals surface area contributed by atoms with Crippen molar-refractivity contribution in [1.82, 2.24) is 14.9 Å². The van der Waals surface area contributed by atoms with Crippen LogP contribution in [0.5, 0.6) is 0 Å². The van der Waals surface area contributed by atoms with E-state index in [9.17, 15) is 4.79 Å². The molecule has 2 rings (SSSR count). The Morgan fingerprint density at radius 2 is 2.06 bits per heavy atom. The van der Waals surface area contributed by atoms with Crippen molar-refractivity contribution in [1.29, 1.82) is 5.26 Å². The van der Waals surface area contributed by atoms with E-state index in [1.165, 1.54) is 6.20 Å². The summed E-state index contributed by atoms with van der Waals surface area (Å²) in [6, 6.07) is 1.93. The lowest BCUT2D eigenvalue weighted by atomic mass is 9.98. The van der Waals surface area contributed by atoms with E-state index in [1.54, 1.807) is 18.1 Å². The predicted octanol–water partition coefficient (Wildman–Crippen LogP) is 0.405. The van der Waals surface area contributed by atoms with E-state index in [2.05, 4.69) is 9.97 Å². The van der Waals surface area contributed by atoms with Gasteiger partial charge in [0.2, 0.25) is 5.91 Å². The van der Waals surface area contributed by atoms with Crippen LogP contribution in [0.4, 0.5) is 5.82 Å². The summed E-state index contributed by atoms with van der Waals surface area (Å²) in [5.41, 5.74) is -0.368. The van der Waals surface area contributed by atoms with Gasteiger partial charge in [0.05, 0.1) is 12.4 Å². The molecule has 94 valence electrons. The van der Waals surface area contributed by atoms with Crippen LogP contribution in [0, 0.1) is 11.3 Å². The highest BCUT2D eigenvalue weighted by molar-refractivity contribution is 5.89. The van der Waals surface area contributed by atoms with Crippen LogP contribution in [0.1, 0.15) is 19.5 Å². The normalized spacial score (nSPS) is 18.7. The highest BCUT2D eigenvalue weighted by atomic mass is 16.2. The zero-order valence-electron chi connectivity index (χ0n) is 10.7. The third-order valence-electron chi connectivity index (χ3n) is 3.23. The van der Waals surface area contributed by atoms with Crippen molar-refractivity contribution in [3.05, 3.63) is 18.1 Å². The van der Waals surface area contributed by atoms with Gasteiger partial charge in [0.25, 0.3) is 0 Å². The van der Waals surface area contributed by atoms with Gasteiger partial charge in [-0.2, -0.15) is 5.26 Å². The second-order valence-electron chi connectivity index (χ2n) is 4.81. The number of carbonyl (C=O) groups excluding carboxylic acids is 1. The van der Waals surface area contributed by atoms with Gasteiger partial charge in [-0.1, -0.05) is 0 Å². The summed E-state index contributed by atoms with van der Waals surface area (Å²) in [6.07, 6.45) is 2.97. The standard InChI is InChI=1S/C12H15N5O/c1-12(2)11(18)16(3)4-5-17(12)10-8-14-9(6-13)7-15-10/h7-8H,4-5H2,1-3H3. The van der Waals surface area contributed by atoms with Crippen molar-refractivity contribution in [3.8, 4) is 6.07 Å². The first-order chi connectivity index (χ1) is 8.46. The van der Waals surface area contributed by atoms with E-state index in [-0.39, 0.29) is 11.6 Å². The van der Waals surface area contributed by atoms with E-state index in [0.717, 1.165) is 0 Å². The number of nitriles is 1. The van der Waals surface area contributed by atoms with Crippen LogP contribution in [0.2, 0.25) is 0 Å². The van der Waals surface area contributed by atoms with Crippen LogP contribution in [0.3, 0.4) is 0 Å². The first-order valence-corrected chi connectivity index (χ1v) is 5.72. The number of nitrogens with zero attached hydrogens (tertiary/aromatic N) is 5. The number of hydrogen-bond donors (Lipinski definition) is 0. The molecule has 1 saturated heterocycles. The van der Waals surface area contributed by atoms with E-state index < -0.39 is 5.54 Å². The average molecular weight is 245 g/mol. The fourth-order valence-electron chi connectivity index (χ4n) is 2.13. The van der Waals surface area contributed by atoms with Gasteiger partial charge in [-0.3, -0.25) is 4.79 Å². The average Bonchev–Trinajstić information content (AvgIpc) is 2.36. The van der Waals surface area contributed by atoms with Crippen molar-refractivity contribution >= 4 is 11.7 Å². The second-order valence-corrected chi connectivity index (χ2v) is 4.81. The number of piperazine rings is 1. The molecule has 0 saturated carbocycles. The van der Waals surface area contributed by atoms with Gasteiger partial charge in [0.1, 0.15) is 17.4 Å². The molecule has 1 aromatic rings. The van der Waals surface area contributed by atoms with Crippen LogP contribution in [-0.4, -0.2) is 46.5 Å². The van der Waals surface area contributed by atoms with Crippen molar-refractivity contribution in [2.45, 2.75) is 19.4 Å². The Labute approximate surface area is 106 Å². The number of rotatable bonds is 1. The van der Waals surface area contributed by atoms with E-state index in [4.69, 9.17) is 5.26 Å². The molecule has 1 aliphatic rings. The molecule has 0 N–H and O–H groups in total. The summed E-state index contributed by atoms with van der Waals surface area (Å²) in [6.45, 7) is 5.09. The Kier molecular flexibility index (Phi) is 2.91. The minimum Gasteiger partial charge on any atom is -0.342 e. The quantitative estimate of drug-likeness (QED) is 0.716. The minimum absolute atomic E-state index is 0.0555. The summed E-state index contributed by atoms with van der Waals surface area (Å²) in [7, 11) is 1.80. The van der Waals surface area contributed by atoms with Gasteiger partial charge in [-0.15, -0.1) is 0 Å². The monoisotopic (exact) mass is 245 g/mol. The molecule has 6 nitrogen and oxygen atoms in total. The van der Waals surface area contributed by atoms with E-state index in [1.807, 2.05) is 24.8 Å². The molecule has 1 amide bonds. The molecule has 18 heavy (non-hydrogen) atoms. The van der Waals surface area contributed by atoms with Gasteiger partial charge in [0.15, 0.2) is 5.69 Å². The molecule has 0 bridgehead atoms.